The molecule has 0 atom stereocenters. The number of nitrogens with one attached hydrogen (secondary N) is 3. The molecule has 0 aliphatic carbocycles. The van der Waals surface area contributed by atoms with Crippen LogP contribution in [0, 0.1) is 6.92 Å². The third-order valence-electron chi connectivity index (χ3n) is 4.06. The Morgan fingerprint density at radius 3 is 2.72 bits per heavy atom. The van der Waals surface area contributed by atoms with Gasteiger partial charge in [-0.3, -0.25) is 4.79 Å². The highest BCUT2D eigenvalue weighted by Gasteiger charge is 2.08. The van der Waals surface area contributed by atoms with E-state index in [1.165, 1.54) is 0 Å². The molecule has 0 fully saturated rings. The van der Waals surface area contributed by atoms with Gasteiger partial charge in [0.25, 0.3) is 0 Å². The van der Waals surface area contributed by atoms with Gasteiger partial charge in [-0.2, -0.15) is 0 Å². The maximum atomic E-state index is 12.2. The maximum Gasteiger partial charge on any atom is 0.226 e. The number of anilines is 1. The van der Waals surface area contributed by atoms with Crippen molar-refractivity contribution in [3.05, 3.63) is 44.9 Å². The second-order valence-electron chi connectivity index (χ2n) is 6.65. The summed E-state index contributed by atoms with van der Waals surface area (Å²) in [5.74, 6) is 1.02. The van der Waals surface area contributed by atoms with Gasteiger partial charge in [0.05, 0.1) is 12.2 Å². The number of aromatic nitrogens is 1. The average Bonchev–Trinajstić information content (AvgIpc) is 3.13. The van der Waals surface area contributed by atoms with Crippen LogP contribution in [0.5, 0.6) is 0 Å². The van der Waals surface area contributed by atoms with Crippen LogP contribution in [0.4, 0.5) is 5.69 Å². The molecule has 0 saturated heterocycles. The molecule has 1 amide bonds. The van der Waals surface area contributed by atoms with Gasteiger partial charge in [-0.05, 0) is 37.5 Å². The first kappa shape index (κ1) is 25.6. The third-order valence-corrected chi connectivity index (χ3v) is 5.33. The summed E-state index contributed by atoms with van der Waals surface area (Å²) < 4.78 is 0. The van der Waals surface area contributed by atoms with Crippen LogP contribution in [0.2, 0.25) is 5.02 Å². The van der Waals surface area contributed by atoms with Crippen LogP contribution in [0.15, 0.2) is 28.6 Å². The number of hydrogen-bond donors (Lipinski definition) is 3. The SMILES string of the molecule is CCNC(=NCc1nc(C(C)C)cs1)NCCC(=O)Nc1cccc(Cl)c1C.I. The summed E-state index contributed by atoms with van der Waals surface area (Å²) in [6.07, 6.45) is 0.325. The van der Waals surface area contributed by atoms with Crippen LogP contribution in [0.3, 0.4) is 0 Å². The Balaban J connectivity index is 0.00000420. The molecule has 1 aromatic heterocycles. The minimum absolute atomic E-state index is 0. The van der Waals surface area contributed by atoms with E-state index in [-0.39, 0.29) is 29.9 Å². The second kappa shape index (κ2) is 13.0. The van der Waals surface area contributed by atoms with Crippen LogP contribution in [-0.4, -0.2) is 29.9 Å². The Morgan fingerprint density at radius 1 is 1.31 bits per heavy atom. The van der Waals surface area contributed by atoms with E-state index in [1.807, 2.05) is 26.0 Å². The van der Waals surface area contributed by atoms with E-state index >= 15 is 0 Å². The molecule has 6 nitrogen and oxygen atoms in total. The number of thiazole rings is 1. The van der Waals surface area contributed by atoms with E-state index in [4.69, 9.17) is 11.6 Å². The van der Waals surface area contributed by atoms with Crippen molar-refractivity contribution < 1.29 is 4.79 Å². The van der Waals surface area contributed by atoms with E-state index < -0.39 is 0 Å². The van der Waals surface area contributed by atoms with Crippen molar-refractivity contribution in [3.8, 4) is 0 Å². The summed E-state index contributed by atoms with van der Waals surface area (Å²) >= 11 is 7.71. The molecular weight excluding hydrogens is 521 g/mol. The Morgan fingerprint density at radius 2 is 2.07 bits per heavy atom. The standard InChI is InChI=1S/C20H28ClN5OS.HI/c1-5-22-20(24-11-19-26-17(12-28-19)13(2)3)23-10-9-18(27)25-16-8-6-7-15(21)14(16)4;/h6-8,12-13H,5,9-11H2,1-4H3,(H,25,27)(H2,22,23,24);1H. The largest absolute Gasteiger partial charge is 0.357 e. The van der Waals surface area contributed by atoms with Gasteiger partial charge in [0.15, 0.2) is 5.96 Å². The first-order valence-corrected chi connectivity index (χ1v) is 10.7. The Labute approximate surface area is 199 Å². The molecule has 9 heteroatoms. The van der Waals surface area contributed by atoms with Crippen LogP contribution in [0.25, 0.3) is 0 Å². The van der Waals surface area contributed by atoms with Crippen molar-refractivity contribution in [1.82, 2.24) is 15.6 Å². The molecule has 0 bridgehead atoms. The summed E-state index contributed by atoms with van der Waals surface area (Å²) in [6, 6.07) is 5.47. The lowest BCUT2D eigenvalue weighted by Crippen LogP contribution is -2.38. The number of hydrogen-bond acceptors (Lipinski definition) is 4. The Bertz CT molecular complexity index is 825. The van der Waals surface area contributed by atoms with Crippen molar-refractivity contribution in [2.24, 2.45) is 4.99 Å². The molecule has 0 saturated carbocycles. The predicted octanol–water partition coefficient (Wildman–Crippen LogP) is 4.93. The zero-order valence-corrected chi connectivity index (χ0v) is 21.1. The molecule has 0 spiro atoms. The summed E-state index contributed by atoms with van der Waals surface area (Å²) in [7, 11) is 0. The fraction of sp³-hybridized carbons (Fsp3) is 0.450. The zero-order chi connectivity index (χ0) is 20.5. The monoisotopic (exact) mass is 549 g/mol. The lowest BCUT2D eigenvalue weighted by atomic mass is 10.2. The normalized spacial score (nSPS) is 11.2. The maximum absolute atomic E-state index is 12.2. The number of guanidine groups is 1. The van der Waals surface area contributed by atoms with E-state index in [2.05, 4.69) is 45.2 Å². The summed E-state index contributed by atoms with van der Waals surface area (Å²) in [4.78, 5) is 21.3. The number of benzene rings is 1. The van der Waals surface area contributed by atoms with Gasteiger partial charge in [0.2, 0.25) is 5.91 Å². The van der Waals surface area contributed by atoms with Gasteiger partial charge in [0, 0.05) is 35.6 Å². The van der Waals surface area contributed by atoms with Crippen molar-refractivity contribution in [1.29, 1.82) is 0 Å². The fourth-order valence-corrected chi connectivity index (χ4v) is 3.45. The third kappa shape index (κ3) is 8.47. The van der Waals surface area contributed by atoms with E-state index in [0.717, 1.165) is 28.5 Å². The molecule has 0 aliphatic heterocycles. The van der Waals surface area contributed by atoms with Gasteiger partial charge in [-0.1, -0.05) is 31.5 Å². The van der Waals surface area contributed by atoms with E-state index in [1.54, 1.807) is 17.4 Å². The van der Waals surface area contributed by atoms with Crippen molar-refractivity contribution in [3.63, 3.8) is 0 Å². The van der Waals surface area contributed by atoms with Gasteiger partial charge >= 0.3 is 0 Å². The molecule has 1 heterocycles. The fourth-order valence-electron chi connectivity index (χ4n) is 2.40. The molecule has 160 valence electrons. The molecule has 2 aromatic rings. The number of amides is 1. The molecule has 0 aliphatic rings. The van der Waals surface area contributed by atoms with Gasteiger partial charge in [-0.15, -0.1) is 35.3 Å². The molecular formula is C20H29ClIN5OS. The van der Waals surface area contributed by atoms with Gasteiger partial charge in [-0.25, -0.2) is 9.98 Å². The van der Waals surface area contributed by atoms with Gasteiger partial charge in [0.1, 0.15) is 5.01 Å². The number of halogens is 2. The number of carbonyl (C=O) groups excluding carboxylic acids is 1. The number of rotatable bonds is 8. The molecule has 29 heavy (non-hydrogen) atoms. The van der Waals surface area contributed by atoms with E-state index in [0.29, 0.717) is 36.4 Å². The highest BCUT2D eigenvalue weighted by molar-refractivity contribution is 14.0. The summed E-state index contributed by atoms with van der Waals surface area (Å²) in [5, 5.41) is 13.0. The zero-order valence-electron chi connectivity index (χ0n) is 17.2. The van der Waals surface area contributed by atoms with Crippen LogP contribution in [0.1, 0.15) is 49.4 Å². The van der Waals surface area contributed by atoms with Gasteiger partial charge < -0.3 is 16.0 Å². The predicted molar refractivity (Wildman–Crippen MR) is 134 cm³/mol. The smallest absolute Gasteiger partial charge is 0.226 e. The first-order chi connectivity index (χ1) is 13.4. The van der Waals surface area contributed by atoms with E-state index in [9.17, 15) is 4.79 Å². The van der Waals surface area contributed by atoms with Crippen LogP contribution >= 0.6 is 46.9 Å². The minimum atomic E-state index is -0.0739. The highest BCUT2D eigenvalue weighted by Crippen LogP contribution is 2.23. The molecule has 2 rings (SSSR count). The van der Waals surface area contributed by atoms with Crippen molar-refractivity contribution in [2.45, 2.75) is 46.6 Å². The average molecular weight is 550 g/mol. The lowest BCUT2D eigenvalue weighted by molar-refractivity contribution is -0.116. The summed E-state index contributed by atoms with van der Waals surface area (Å²) in [6.45, 7) is 9.89. The Hall–Kier alpha value is -1.39. The van der Waals surface area contributed by atoms with Crippen LogP contribution < -0.4 is 16.0 Å². The molecule has 3 N–H and O–H groups in total. The second-order valence-corrected chi connectivity index (χ2v) is 8.00. The number of nitrogens with zero attached hydrogens (tertiary/aromatic N) is 2. The highest BCUT2D eigenvalue weighted by atomic mass is 127. The molecule has 0 unspecified atom stereocenters. The minimum Gasteiger partial charge on any atom is -0.357 e. The quantitative estimate of drug-likeness (QED) is 0.248. The molecule has 1 aromatic carbocycles. The number of aliphatic imine (C=N–C) groups is 1. The van der Waals surface area contributed by atoms with Crippen molar-refractivity contribution in [2.75, 3.05) is 18.4 Å². The molecule has 0 radical (unpaired) electrons. The number of carbonyl (C=O) groups is 1. The Kier molecular flexibility index (Phi) is 11.5. The topological polar surface area (TPSA) is 78.4 Å². The van der Waals surface area contributed by atoms with Crippen LogP contribution in [-0.2, 0) is 11.3 Å². The van der Waals surface area contributed by atoms with Crippen molar-refractivity contribution >= 4 is 64.5 Å². The summed E-state index contributed by atoms with van der Waals surface area (Å²) in [5.41, 5.74) is 2.70. The lowest BCUT2D eigenvalue weighted by Gasteiger charge is -2.12. The first-order valence-electron chi connectivity index (χ1n) is 9.42.